The lowest BCUT2D eigenvalue weighted by molar-refractivity contribution is 0.0685. The molecule has 8 heteroatoms. The minimum Gasteiger partial charge on any atom is -0.497 e. The Morgan fingerprint density at radius 3 is 2.22 bits per heavy atom. The van der Waals surface area contributed by atoms with Crippen molar-refractivity contribution in [2.24, 2.45) is 0 Å². The van der Waals surface area contributed by atoms with Gasteiger partial charge in [0.25, 0.3) is 5.91 Å². The molecule has 3 aromatic rings. The maximum Gasteiger partial charge on any atom is 0.254 e. The predicted octanol–water partition coefficient (Wildman–Crippen LogP) is 4.43. The number of rotatable bonds is 9. The first kappa shape index (κ1) is 23.0. The maximum atomic E-state index is 13.4. The molecule has 0 spiro atoms. The second-order valence-corrected chi connectivity index (χ2v) is 7.36. The number of carbonyl (C=O) groups is 1. The van der Waals surface area contributed by atoms with Crippen molar-refractivity contribution < 1.29 is 28.3 Å². The van der Waals surface area contributed by atoms with Crippen molar-refractivity contribution in [1.82, 2.24) is 10.1 Å². The van der Waals surface area contributed by atoms with Crippen LogP contribution in [0.4, 0.5) is 0 Å². The van der Waals surface area contributed by atoms with Crippen LogP contribution in [0.2, 0.25) is 0 Å². The lowest BCUT2D eigenvalue weighted by Crippen LogP contribution is -2.36. The van der Waals surface area contributed by atoms with Crippen molar-refractivity contribution in [3.63, 3.8) is 0 Å². The molecule has 0 radical (unpaired) electrons. The third-order valence-corrected chi connectivity index (χ3v) is 5.04. The number of hydrogen-bond acceptors (Lipinski definition) is 7. The standard InChI is InChI=1S/C24H28N2O6/c1-15(2)26(24(27)17-11-21(29-4)23(31-6)22(12-17)30-5)14-18-13-20(32-25-18)16-8-7-9-19(10-16)28-3/h7-13,15H,14H2,1-6H3. The molecular weight excluding hydrogens is 412 g/mol. The number of carbonyl (C=O) groups excluding carboxylic acids is 1. The number of hydrogen-bond donors (Lipinski definition) is 0. The Morgan fingerprint density at radius 2 is 1.66 bits per heavy atom. The fraction of sp³-hybridized carbons (Fsp3) is 0.333. The quantitative estimate of drug-likeness (QED) is 0.487. The van der Waals surface area contributed by atoms with E-state index < -0.39 is 0 Å². The van der Waals surface area contributed by atoms with Gasteiger partial charge in [0.05, 0.1) is 35.0 Å². The van der Waals surface area contributed by atoms with Crippen LogP contribution in [0.15, 0.2) is 47.0 Å². The zero-order valence-corrected chi connectivity index (χ0v) is 19.2. The van der Waals surface area contributed by atoms with Crippen LogP contribution in [-0.4, -0.2) is 50.4 Å². The molecule has 0 aliphatic rings. The van der Waals surface area contributed by atoms with Crippen molar-refractivity contribution in [2.45, 2.75) is 26.4 Å². The number of amides is 1. The number of benzene rings is 2. The number of methoxy groups -OCH3 is 4. The van der Waals surface area contributed by atoms with Crippen molar-refractivity contribution in [1.29, 1.82) is 0 Å². The van der Waals surface area contributed by atoms with E-state index in [1.54, 1.807) is 24.1 Å². The van der Waals surface area contributed by atoms with Gasteiger partial charge >= 0.3 is 0 Å². The van der Waals surface area contributed by atoms with Gasteiger partial charge in [0.1, 0.15) is 11.4 Å². The van der Waals surface area contributed by atoms with E-state index in [4.69, 9.17) is 23.5 Å². The monoisotopic (exact) mass is 440 g/mol. The Balaban J connectivity index is 1.88. The fourth-order valence-electron chi connectivity index (χ4n) is 3.33. The predicted molar refractivity (Wildman–Crippen MR) is 120 cm³/mol. The van der Waals surface area contributed by atoms with Gasteiger partial charge in [-0.25, -0.2) is 0 Å². The highest BCUT2D eigenvalue weighted by atomic mass is 16.5. The van der Waals surface area contributed by atoms with Crippen LogP contribution in [0.1, 0.15) is 29.9 Å². The van der Waals surface area contributed by atoms with Gasteiger partial charge in [0.2, 0.25) is 5.75 Å². The van der Waals surface area contributed by atoms with Gasteiger partial charge in [-0.3, -0.25) is 4.79 Å². The van der Waals surface area contributed by atoms with Crippen LogP contribution in [0.25, 0.3) is 11.3 Å². The summed E-state index contributed by atoms with van der Waals surface area (Å²) in [6, 6.07) is 12.5. The molecule has 3 rings (SSSR count). The SMILES string of the molecule is COc1cccc(-c2cc(CN(C(=O)c3cc(OC)c(OC)c(OC)c3)C(C)C)no2)c1. The third kappa shape index (κ3) is 4.80. The molecule has 0 saturated carbocycles. The molecular formula is C24H28N2O6. The summed E-state index contributed by atoms with van der Waals surface area (Å²) in [5.74, 6) is 2.40. The Morgan fingerprint density at radius 1 is 0.969 bits per heavy atom. The molecule has 1 heterocycles. The van der Waals surface area contributed by atoms with Crippen LogP contribution in [0, 0.1) is 0 Å². The number of nitrogens with zero attached hydrogens (tertiary/aromatic N) is 2. The number of aromatic nitrogens is 1. The summed E-state index contributed by atoms with van der Waals surface area (Å²) in [6.45, 7) is 4.17. The van der Waals surface area contributed by atoms with Crippen LogP contribution < -0.4 is 18.9 Å². The molecule has 32 heavy (non-hydrogen) atoms. The molecule has 1 aromatic heterocycles. The summed E-state index contributed by atoms with van der Waals surface area (Å²) in [5.41, 5.74) is 1.90. The van der Waals surface area contributed by atoms with Gasteiger partial charge < -0.3 is 28.4 Å². The van der Waals surface area contributed by atoms with Crippen LogP contribution >= 0.6 is 0 Å². The van der Waals surface area contributed by atoms with Crippen LogP contribution in [-0.2, 0) is 6.54 Å². The van der Waals surface area contributed by atoms with E-state index in [2.05, 4.69) is 5.16 Å². The van der Waals surface area contributed by atoms with Gasteiger partial charge in [-0.1, -0.05) is 17.3 Å². The molecule has 0 N–H and O–H groups in total. The Labute approximate surface area is 187 Å². The average molecular weight is 440 g/mol. The minimum atomic E-state index is -0.190. The van der Waals surface area contributed by atoms with E-state index in [0.717, 1.165) is 11.3 Å². The summed E-state index contributed by atoms with van der Waals surface area (Å²) in [7, 11) is 6.16. The van der Waals surface area contributed by atoms with Gasteiger partial charge in [-0.05, 0) is 38.1 Å². The van der Waals surface area contributed by atoms with E-state index in [0.29, 0.717) is 34.3 Å². The largest absolute Gasteiger partial charge is 0.497 e. The molecule has 0 saturated heterocycles. The molecule has 0 fully saturated rings. The highest BCUT2D eigenvalue weighted by molar-refractivity contribution is 5.95. The molecule has 1 amide bonds. The van der Waals surface area contributed by atoms with E-state index in [-0.39, 0.29) is 18.5 Å². The summed E-state index contributed by atoms with van der Waals surface area (Å²) >= 11 is 0. The highest BCUT2D eigenvalue weighted by Gasteiger charge is 2.24. The van der Waals surface area contributed by atoms with Crippen LogP contribution in [0.5, 0.6) is 23.0 Å². The summed E-state index contributed by atoms with van der Waals surface area (Å²) in [5, 5.41) is 4.16. The van der Waals surface area contributed by atoms with E-state index in [1.165, 1.54) is 21.3 Å². The first-order chi connectivity index (χ1) is 15.4. The second kappa shape index (κ2) is 10.1. The minimum absolute atomic E-state index is 0.0847. The van der Waals surface area contributed by atoms with Gasteiger partial charge in [-0.2, -0.15) is 0 Å². The summed E-state index contributed by atoms with van der Waals surface area (Å²) in [4.78, 5) is 15.1. The fourth-order valence-corrected chi connectivity index (χ4v) is 3.33. The van der Waals surface area contributed by atoms with Crippen molar-refractivity contribution in [3.8, 4) is 34.3 Å². The zero-order valence-electron chi connectivity index (χ0n) is 19.2. The first-order valence-corrected chi connectivity index (χ1v) is 10.1. The third-order valence-electron chi connectivity index (χ3n) is 5.04. The lowest BCUT2D eigenvalue weighted by Gasteiger charge is -2.26. The Hall–Kier alpha value is -3.68. The molecule has 0 bridgehead atoms. The average Bonchev–Trinajstić information content (AvgIpc) is 3.29. The molecule has 0 aliphatic carbocycles. The smallest absolute Gasteiger partial charge is 0.254 e. The molecule has 170 valence electrons. The molecule has 0 unspecified atom stereocenters. The van der Waals surface area contributed by atoms with E-state index in [1.807, 2.05) is 44.2 Å². The maximum absolute atomic E-state index is 13.4. The van der Waals surface area contributed by atoms with Crippen LogP contribution in [0.3, 0.4) is 0 Å². The molecule has 0 aliphatic heterocycles. The summed E-state index contributed by atoms with van der Waals surface area (Å²) in [6.07, 6.45) is 0. The highest BCUT2D eigenvalue weighted by Crippen LogP contribution is 2.38. The Bertz CT molecular complexity index is 1050. The normalized spacial score (nSPS) is 10.7. The molecule has 2 aromatic carbocycles. The summed E-state index contributed by atoms with van der Waals surface area (Å²) < 4.78 is 26.9. The van der Waals surface area contributed by atoms with Gasteiger partial charge in [-0.15, -0.1) is 0 Å². The Kier molecular flexibility index (Phi) is 7.25. The van der Waals surface area contributed by atoms with E-state index >= 15 is 0 Å². The zero-order chi connectivity index (χ0) is 23.3. The van der Waals surface area contributed by atoms with Crippen molar-refractivity contribution >= 4 is 5.91 Å². The molecule has 8 nitrogen and oxygen atoms in total. The van der Waals surface area contributed by atoms with Gasteiger partial charge in [0, 0.05) is 23.2 Å². The first-order valence-electron chi connectivity index (χ1n) is 10.1. The topological polar surface area (TPSA) is 83.3 Å². The van der Waals surface area contributed by atoms with Crippen molar-refractivity contribution in [3.05, 3.63) is 53.7 Å². The van der Waals surface area contributed by atoms with E-state index in [9.17, 15) is 4.79 Å². The number of ether oxygens (including phenoxy) is 4. The second-order valence-electron chi connectivity index (χ2n) is 7.36. The van der Waals surface area contributed by atoms with Crippen molar-refractivity contribution in [2.75, 3.05) is 28.4 Å². The van der Waals surface area contributed by atoms with Gasteiger partial charge in [0.15, 0.2) is 17.3 Å². The molecule has 0 atom stereocenters. The lowest BCUT2D eigenvalue weighted by atomic mass is 10.1.